The number of alkyl halides is 1. The molecule has 1 fully saturated rings. The summed E-state index contributed by atoms with van der Waals surface area (Å²) in [7, 11) is 0. The van der Waals surface area contributed by atoms with E-state index < -0.39 is 0 Å². The van der Waals surface area contributed by atoms with Crippen molar-refractivity contribution < 1.29 is 4.79 Å². The first-order valence-electron chi connectivity index (χ1n) is 4.07. The van der Waals surface area contributed by atoms with Gasteiger partial charge in [0.25, 0.3) is 0 Å². The Morgan fingerprint density at radius 1 is 1.77 bits per heavy atom. The molecular weight excluding hydrogens is 252 g/mol. The first kappa shape index (κ1) is 9.15. The van der Waals surface area contributed by atoms with Crippen molar-refractivity contribution in [1.82, 2.24) is 9.88 Å². The molecule has 1 aliphatic rings. The minimum Gasteiger partial charge on any atom is -0.336 e. The predicted molar refractivity (Wildman–Crippen MR) is 54.9 cm³/mol. The van der Waals surface area contributed by atoms with Crippen LogP contribution >= 0.6 is 27.3 Å². The third kappa shape index (κ3) is 1.91. The number of rotatable bonds is 2. The van der Waals surface area contributed by atoms with E-state index >= 15 is 0 Å². The van der Waals surface area contributed by atoms with E-state index in [-0.39, 0.29) is 10.7 Å². The molecule has 0 saturated carbocycles. The Hall–Kier alpha value is -0.420. The standard InChI is InChI=1S/C8H9BrN2OS/c9-7-1-2-11(8(7)12)3-6-4-13-5-10-6/h4-5,7H,1-3H2. The molecule has 3 nitrogen and oxygen atoms in total. The summed E-state index contributed by atoms with van der Waals surface area (Å²) in [6.45, 7) is 1.50. The maximum absolute atomic E-state index is 11.5. The van der Waals surface area contributed by atoms with Gasteiger partial charge in [-0.15, -0.1) is 11.3 Å². The fourth-order valence-corrected chi connectivity index (χ4v) is 2.41. The Labute approximate surface area is 88.9 Å². The first-order chi connectivity index (χ1) is 6.27. The number of likely N-dealkylation sites (tertiary alicyclic amines) is 1. The van der Waals surface area contributed by atoms with Gasteiger partial charge in [-0.2, -0.15) is 0 Å². The number of hydrogen-bond acceptors (Lipinski definition) is 3. The molecule has 0 aromatic carbocycles. The summed E-state index contributed by atoms with van der Waals surface area (Å²) in [6.07, 6.45) is 0.906. The zero-order valence-electron chi connectivity index (χ0n) is 6.94. The zero-order valence-corrected chi connectivity index (χ0v) is 9.34. The summed E-state index contributed by atoms with van der Waals surface area (Å²) in [5.74, 6) is 0.188. The Morgan fingerprint density at radius 2 is 2.62 bits per heavy atom. The van der Waals surface area contributed by atoms with Crippen molar-refractivity contribution in [3.05, 3.63) is 16.6 Å². The predicted octanol–water partition coefficient (Wildman–Crippen LogP) is 1.64. The second-order valence-corrected chi connectivity index (χ2v) is 4.82. The van der Waals surface area contributed by atoms with Gasteiger partial charge in [0.2, 0.25) is 5.91 Å². The number of nitrogens with zero attached hydrogens (tertiary/aromatic N) is 2. The van der Waals surface area contributed by atoms with Crippen LogP contribution < -0.4 is 0 Å². The van der Waals surface area contributed by atoms with Crippen molar-refractivity contribution in [2.45, 2.75) is 17.8 Å². The Morgan fingerprint density at radius 3 is 3.15 bits per heavy atom. The fourth-order valence-electron chi connectivity index (χ4n) is 1.37. The number of carbonyl (C=O) groups is 1. The Kier molecular flexibility index (Phi) is 2.64. The van der Waals surface area contributed by atoms with Crippen molar-refractivity contribution in [2.24, 2.45) is 0 Å². The Balaban J connectivity index is 2.00. The monoisotopic (exact) mass is 260 g/mol. The molecule has 1 aliphatic heterocycles. The van der Waals surface area contributed by atoms with E-state index in [4.69, 9.17) is 0 Å². The molecule has 0 N–H and O–H groups in total. The van der Waals surface area contributed by atoms with Gasteiger partial charge in [-0.25, -0.2) is 4.98 Å². The summed E-state index contributed by atoms with van der Waals surface area (Å²) in [5, 5.41) is 1.98. The number of carbonyl (C=O) groups excluding carboxylic acids is 1. The summed E-state index contributed by atoms with van der Waals surface area (Å²) < 4.78 is 0. The molecule has 1 amide bonds. The highest BCUT2D eigenvalue weighted by Gasteiger charge is 2.29. The van der Waals surface area contributed by atoms with Crippen LogP contribution in [-0.2, 0) is 11.3 Å². The minimum atomic E-state index is 0.0196. The second-order valence-electron chi connectivity index (χ2n) is 3.00. The number of halogens is 1. The van der Waals surface area contributed by atoms with E-state index in [2.05, 4.69) is 20.9 Å². The Bertz CT molecular complexity index is 301. The van der Waals surface area contributed by atoms with E-state index in [9.17, 15) is 4.79 Å². The third-order valence-corrected chi connectivity index (χ3v) is 3.55. The van der Waals surface area contributed by atoms with Gasteiger partial charge >= 0.3 is 0 Å². The van der Waals surface area contributed by atoms with Crippen LogP contribution in [0.5, 0.6) is 0 Å². The molecule has 1 atom stereocenters. The van der Waals surface area contributed by atoms with Gasteiger partial charge in [-0.3, -0.25) is 4.79 Å². The molecule has 0 aliphatic carbocycles. The molecule has 2 heterocycles. The zero-order chi connectivity index (χ0) is 9.26. The average Bonchev–Trinajstić information content (AvgIpc) is 2.71. The molecule has 5 heteroatoms. The average molecular weight is 261 g/mol. The molecule has 0 radical (unpaired) electrons. The molecule has 0 bridgehead atoms. The van der Waals surface area contributed by atoms with E-state index in [0.717, 1.165) is 18.7 Å². The van der Waals surface area contributed by atoms with Crippen LogP contribution in [0, 0.1) is 0 Å². The second kappa shape index (κ2) is 3.75. The van der Waals surface area contributed by atoms with Crippen LogP contribution in [0.15, 0.2) is 10.9 Å². The highest BCUT2D eigenvalue weighted by atomic mass is 79.9. The highest BCUT2D eigenvalue weighted by Crippen LogP contribution is 2.20. The van der Waals surface area contributed by atoms with E-state index in [1.807, 2.05) is 10.3 Å². The fraction of sp³-hybridized carbons (Fsp3) is 0.500. The van der Waals surface area contributed by atoms with Crippen LogP contribution in [0.1, 0.15) is 12.1 Å². The SMILES string of the molecule is O=C1C(Br)CCN1Cc1cscn1. The lowest BCUT2D eigenvalue weighted by Gasteiger charge is -2.13. The topological polar surface area (TPSA) is 33.2 Å². The van der Waals surface area contributed by atoms with Gasteiger partial charge in [0.15, 0.2) is 0 Å². The lowest BCUT2D eigenvalue weighted by molar-refractivity contribution is -0.127. The van der Waals surface area contributed by atoms with Gasteiger partial charge in [-0.05, 0) is 6.42 Å². The highest BCUT2D eigenvalue weighted by molar-refractivity contribution is 9.10. The molecule has 1 saturated heterocycles. The van der Waals surface area contributed by atoms with E-state index in [1.54, 1.807) is 16.8 Å². The lowest BCUT2D eigenvalue weighted by Crippen LogP contribution is -2.26. The number of thiazole rings is 1. The summed E-state index contributed by atoms with van der Waals surface area (Å²) in [4.78, 5) is 17.5. The van der Waals surface area contributed by atoms with Gasteiger partial charge in [0.1, 0.15) is 0 Å². The van der Waals surface area contributed by atoms with Crippen LogP contribution in [0.25, 0.3) is 0 Å². The van der Waals surface area contributed by atoms with E-state index in [1.165, 1.54) is 0 Å². The maximum atomic E-state index is 11.5. The molecule has 2 rings (SSSR count). The molecule has 1 aromatic heterocycles. The largest absolute Gasteiger partial charge is 0.336 e. The van der Waals surface area contributed by atoms with Crippen LogP contribution in [-0.4, -0.2) is 27.2 Å². The number of amides is 1. The van der Waals surface area contributed by atoms with Crippen molar-refractivity contribution in [3.8, 4) is 0 Å². The number of aromatic nitrogens is 1. The van der Waals surface area contributed by atoms with Gasteiger partial charge in [0.05, 0.1) is 22.6 Å². The van der Waals surface area contributed by atoms with Crippen molar-refractivity contribution in [3.63, 3.8) is 0 Å². The van der Waals surface area contributed by atoms with Gasteiger partial charge in [-0.1, -0.05) is 15.9 Å². The lowest BCUT2D eigenvalue weighted by atomic mass is 10.4. The quantitative estimate of drug-likeness (QED) is 0.758. The molecule has 1 unspecified atom stereocenters. The third-order valence-electron chi connectivity index (χ3n) is 2.07. The molecule has 0 spiro atoms. The van der Waals surface area contributed by atoms with Crippen molar-refractivity contribution >= 4 is 33.2 Å². The van der Waals surface area contributed by atoms with E-state index in [0.29, 0.717) is 6.54 Å². The molecule has 70 valence electrons. The minimum absolute atomic E-state index is 0.0196. The van der Waals surface area contributed by atoms with Crippen LogP contribution in [0.3, 0.4) is 0 Å². The molecular formula is C8H9BrN2OS. The molecule has 1 aromatic rings. The smallest absolute Gasteiger partial charge is 0.236 e. The summed E-state index contributed by atoms with van der Waals surface area (Å²) in [5.41, 5.74) is 2.78. The normalized spacial score (nSPS) is 22.7. The number of hydrogen-bond donors (Lipinski definition) is 0. The molecule has 13 heavy (non-hydrogen) atoms. The van der Waals surface area contributed by atoms with Gasteiger partial charge < -0.3 is 4.90 Å². The van der Waals surface area contributed by atoms with Crippen LogP contribution in [0.4, 0.5) is 0 Å². The van der Waals surface area contributed by atoms with Crippen molar-refractivity contribution in [2.75, 3.05) is 6.54 Å². The summed E-state index contributed by atoms with van der Waals surface area (Å²) in [6, 6.07) is 0. The van der Waals surface area contributed by atoms with Crippen LogP contribution in [0.2, 0.25) is 0 Å². The summed E-state index contributed by atoms with van der Waals surface area (Å²) >= 11 is 4.90. The maximum Gasteiger partial charge on any atom is 0.236 e. The van der Waals surface area contributed by atoms with Crippen molar-refractivity contribution in [1.29, 1.82) is 0 Å². The first-order valence-corrected chi connectivity index (χ1v) is 5.93. The van der Waals surface area contributed by atoms with Gasteiger partial charge in [0, 0.05) is 11.9 Å².